The van der Waals surface area contributed by atoms with Crippen molar-refractivity contribution < 1.29 is 13.2 Å². The van der Waals surface area contributed by atoms with E-state index in [1.807, 2.05) is 31.2 Å². The highest BCUT2D eigenvalue weighted by Gasteiger charge is 2.31. The van der Waals surface area contributed by atoms with Gasteiger partial charge in [0.2, 0.25) is 10.0 Å². The van der Waals surface area contributed by atoms with Crippen molar-refractivity contribution in [1.82, 2.24) is 4.31 Å². The number of aryl methyl sites for hydroxylation is 1. The van der Waals surface area contributed by atoms with Crippen LogP contribution in [0.5, 0.6) is 5.75 Å². The molecule has 0 unspecified atom stereocenters. The van der Waals surface area contributed by atoms with Gasteiger partial charge in [0.25, 0.3) is 0 Å². The molecule has 3 rings (SSSR count). The number of hydrogen-bond donors (Lipinski definition) is 0. The fourth-order valence-corrected chi connectivity index (χ4v) is 5.36. The molecule has 0 aliphatic carbocycles. The van der Waals surface area contributed by atoms with Crippen LogP contribution in [-0.2, 0) is 10.0 Å². The summed E-state index contributed by atoms with van der Waals surface area (Å²) in [5.41, 5.74) is 1.67. The molecule has 1 saturated heterocycles. The number of benzene rings is 2. The minimum Gasteiger partial charge on any atom is -0.492 e. The standard InChI is InChI=1S/C19H22Cl2N2O3S/c1-3-26-18-7-5-4-6-17(18)22-8-10-23(11-9-22)27(24,25)19-12-14(2)15(20)13-16(19)21/h4-7,12-13H,3,8-11H2,1-2H3. The smallest absolute Gasteiger partial charge is 0.244 e. The van der Waals surface area contributed by atoms with Crippen LogP contribution in [0.1, 0.15) is 12.5 Å². The molecule has 0 spiro atoms. The Balaban J connectivity index is 1.79. The van der Waals surface area contributed by atoms with E-state index in [4.69, 9.17) is 27.9 Å². The van der Waals surface area contributed by atoms with E-state index in [9.17, 15) is 8.42 Å². The average Bonchev–Trinajstić information content (AvgIpc) is 2.65. The van der Waals surface area contributed by atoms with Crippen molar-refractivity contribution in [3.8, 4) is 5.75 Å². The SMILES string of the molecule is CCOc1ccccc1N1CCN(S(=O)(=O)c2cc(C)c(Cl)cc2Cl)CC1. The average molecular weight is 429 g/mol. The molecule has 1 aliphatic rings. The molecule has 1 aliphatic heterocycles. The van der Waals surface area contributed by atoms with E-state index in [0.717, 1.165) is 11.4 Å². The second-order valence-corrected chi connectivity index (χ2v) is 9.04. The van der Waals surface area contributed by atoms with Crippen LogP contribution in [-0.4, -0.2) is 45.5 Å². The predicted molar refractivity (Wildman–Crippen MR) is 110 cm³/mol. The zero-order valence-corrected chi connectivity index (χ0v) is 17.6. The van der Waals surface area contributed by atoms with Crippen molar-refractivity contribution in [2.75, 3.05) is 37.7 Å². The molecule has 0 bridgehead atoms. The lowest BCUT2D eigenvalue weighted by molar-refractivity contribution is 0.337. The molecule has 0 aromatic heterocycles. The monoisotopic (exact) mass is 428 g/mol. The third-order valence-corrected chi connectivity index (χ3v) is 7.35. The summed E-state index contributed by atoms with van der Waals surface area (Å²) in [6, 6.07) is 10.8. The van der Waals surface area contributed by atoms with Gasteiger partial charge in [-0.1, -0.05) is 35.3 Å². The van der Waals surface area contributed by atoms with Gasteiger partial charge in [0.05, 0.1) is 17.3 Å². The zero-order valence-electron chi connectivity index (χ0n) is 15.3. The molecule has 0 saturated carbocycles. The number of halogens is 2. The van der Waals surface area contributed by atoms with E-state index in [1.165, 1.54) is 16.4 Å². The Hall–Kier alpha value is -1.47. The van der Waals surface area contributed by atoms with Gasteiger partial charge in [0.1, 0.15) is 10.6 Å². The first kappa shape index (κ1) is 20.3. The van der Waals surface area contributed by atoms with Crippen molar-refractivity contribution >= 4 is 38.9 Å². The highest BCUT2D eigenvalue weighted by Crippen LogP contribution is 2.32. The Labute approximate surface area is 170 Å². The Morgan fingerprint density at radius 3 is 2.37 bits per heavy atom. The third kappa shape index (κ3) is 4.19. The molecule has 0 atom stereocenters. The zero-order chi connectivity index (χ0) is 19.6. The van der Waals surface area contributed by atoms with Crippen molar-refractivity contribution in [3.05, 3.63) is 52.0 Å². The van der Waals surface area contributed by atoms with E-state index in [-0.39, 0.29) is 9.92 Å². The number of anilines is 1. The number of nitrogens with zero attached hydrogens (tertiary/aromatic N) is 2. The van der Waals surface area contributed by atoms with Gasteiger partial charge in [-0.25, -0.2) is 8.42 Å². The van der Waals surface area contributed by atoms with E-state index >= 15 is 0 Å². The molecule has 146 valence electrons. The van der Waals surface area contributed by atoms with Gasteiger partial charge in [-0.05, 0) is 43.7 Å². The van der Waals surface area contributed by atoms with Crippen LogP contribution in [0.4, 0.5) is 5.69 Å². The van der Waals surface area contributed by atoms with Gasteiger partial charge in [0, 0.05) is 31.2 Å². The maximum atomic E-state index is 13.0. The van der Waals surface area contributed by atoms with Crippen molar-refractivity contribution in [2.45, 2.75) is 18.7 Å². The molecular formula is C19H22Cl2N2O3S. The van der Waals surface area contributed by atoms with Gasteiger partial charge in [-0.2, -0.15) is 4.31 Å². The largest absolute Gasteiger partial charge is 0.492 e. The molecular weight excluding hydrogens is 407 g/mol. The molecule has 1 fully saturated rings. The molecule has 1 heterocycles. The van der Waals surface area contributed by atoms with Crippen LogP contribution in [0.15, 0.2) is 41.3 Å². The van der Waals surface area contributed by atoms with Crippen molar-refractivity contribution in [2.24, 2.45) is 0 Å². The lowest BCUT2D eigenvalue weighted by Gasteiger charge is -2.36. The summed E-state index contributed by atoms with van der Waals surface area (Å²) in [5.74, 6) is 0.813. The number of piperazine rings is 1. The van der Waals surface area contributed by atoms with Crippen LogP contribution in [0.3, 0.4) is 0 Å². The van der Waals surface area contributed by atoms with E-state index < -0.39 is 10.0 Å². The van der Waals surface area contributed by atoms with Gasteiger partial charge in [0.15, 0.2) is 0 Å². The molecule has 27 heavy (non-hydrogen) atoms. The van der Waals surface area contributed by atoms with E-state index in [1.54, 1.807) is 6.92 Å². The maximum Gasteiger partial charge on any atom is 0.244 e. The fourth-order valence-electron chi connectivity index (χ4n) is 3.13. The molecule has 0 N–H and O–H groups in total. The second-order valence-electron chi connectivity index (χ2n) is 6.32. The lowest BCUT2D eigenvalue weighted by Crippen LogP contribution is -2.48. The van der Waals surface area contributed by atoms with Crippen LogP contribution in [0.2, 0.25) is 10.0 Å². The van der Waals surface area contributed by atoms with Crippen LogP contribution >= 0.6 is 23.2 Å². The molecule has 0 radical (unpaired) electrons. The van der Waals surface area contributed by atoms with Crippen LogP contribution < -0.4 is 9.64 Å². The Kier molecular flexibility index (Phi) is 6.21. The first-order valence-electron chi connectivity index (χ1n) is 8.77. The summed E-state index contributed by atoms with van der Waals surface area (Å²) in [6.45, 7) is 6.20. The molecule has 0 amide bonds. The summed E-state index contributed by atoms with van der Waals surface area (Å²) in [7, 11) is -3.67. The molecule has 8 heteroatoms. The Morgan fingerprint density at radius 2 is 1.70 bits per heavy atom. The Morgan fingerprint density at radius 1 is 1.04 bits per heavy atom. The first-order chi connectivity index (χ1) is 12.8. The van der Waals surface area contributed by atoms with Crippen molar-refractivity contribution in [1.29, 1.82) is 0 Å². The number of rotatable bonds is 5. The maximum absolute atomic E-state index is 13.0. The number of hydrogen-bond acceptors (Lipinski definition) is 4. The lowest BCUT2D eigenvalue weighted by atomic mass is 10.2. The van der Waals surface area contributed by atoms with E-state index in [2.05, 4.69) is 4.90 Å². The number of para-hydroxylation sites is 2. The molecule has 2 aromatic carbocycles. The topological polar surface area (TPSA) is 49.9 Å². The third-order valence-electron chi connectivity index (χ3n) is 4.58. The van der Waals surface area contributed by atoms with Crippen LogP contribution in [0.25, 0.3) is 0 Å². The Bertz CT molecular complexity index is 927. The molecule has 2 aromatic rings. The first-order valence-corrected chi connectivity index (χ1v) is 11.0. The summed E-state index contributed by atoms with van der Waals surface area (Å²) in [5, 5.41) is 0.603. The second kappa shape index (κ2) is 8.27. The fraction of sp³-hybridized carbons (Fsp3) is 0.368. The normalized spacial score (nSPS) is 15.8. The van der Waals surface area contributed by atoms with Gasteiger partial charge >= 0.3 is 0 Å². The van der Waals surface area contributed by atoms with Gasteiger partial charge in [-0.3, -0.25) is 0 Å². The van der Waals surface area contributed by atoms with Gasteiger partial charge < -0.3 is 9.64 Å². The quantitative estimate of drug-likeness (QED) is 0.715. The highest BCUT2D eigenvalue weighted by molar-refractivity contribution is 7.89. The van der Waals surface area contributed by atoms with E-state index in [0.29, 0.717) is 43.4 Å². The summed E-state index contributed by atoms with van der Waals surface area (Å²) >= 11 is 12.2. The summed E-state index contributed by atoms with van der Waals surface area (Å²) in [6.07, 6.45) is 0. The summed E-state index contributed by atoms with van der Waals surface area (Å²) < 4.78 is 33.2. The predicted octanol–water partition coefficient (Wildman–Crippen LogP) is 4.21. The van der Waals surface area contributed by atoms with Gasteiger partial charge in [-0.15, -0.1) is 0 Å². The van der Waals surface area contributed by atoms with Crippen molar-refractivity contribution in [3.63, 3.8) is 0 Å². The summed E-state index contributed by atoms with van der Waals surface area (Å²) in [4.78, 5) is 2.25. The minimum absolute atomic E-state index is 0.106. The minimum atomic E-state index is -3.67. The number of ether oxygens (including phenoxy) is 1. The molecule has 5 nitrogen and oxygen atoms in total. The van der Waals surface area contributed by atoms with Crippen LogP contribution in [0, 0.1) is 6.92 Å². The number of sulfonamides is 1. The highest BCUT2D eigenvalue weighted by atomic mass is 35.5.